The van der Waals surface area contributed by atoms with E-state index in [0.717, 1.165) is 13.0 Å². The molecule has 3 nitrogen and oxygen atoms in total. The van der Waals surface area contributed by atoms with Gasteiger partial charge in [0.15, 0.2) is 0 Å². The molecule has 1 rings (SSSR count). The molecule has 0 bridgehead atoms. The number of hydrogen-bond donors (Lipinski definition) is 2. The lowest BCUT2D eigenvalue weighted by atomic mass is 9.89. The van der Waals surface area contributed by atoms with E-state index in [-0.39, 0.29) is 6.04 Å². The van der Waals surface area contributed by atoms with Gasteiger partial charge in [0.25, 0.3) is 0 Å². The second-order valence-corrected chi connectivity index (χ2v) is 3.47. The molecule has 1 saturated heterocycles. The fraction of sp³-hybridized carbons (Fsp3) is 0.875. The molecule has 1 aliphatic heterocycles. The number of aliphatic carboxylic acids is 1. The van der Waals surface area contributed by atoms with Crippen LogP contribution in [-0.4, -0.2) is 23.7 Å². The monoisotopic (exact) mass is 157 g/mol. The van der Waals surface area contributed by atoms with Gasteiger partial charge in [0.1, 0.15) is 6.04 Å². The summed E-state index contributed by atoms with van der Waals surface area (Å²) < 4.78 is 0. The van der Waals surface area contributed by atoms with Gasteiger partial charge in [0.05, 0.1) is 0 Å². The standard InChI is InChI=1S/C8H15NO2/c1-5(2)6-3-4-9-7(6)8(10)11/h5-7,9H,3-4H2,1-2H3,(H,10,11). The molecule has 0 amide bonds. The number of carboxylic acids is 1. The highest BCUT2D eigenvalue weighted by Gasteiger charge is 2.33. The van der Waals surface area contributed by atoms with Crippen LogP contribution >= 0.6 is 0 Å². The molecule has 0 spiro atoms. The first-order valence-corrected chi connectivity index (χ1v) is 4.09. The summed E-state index contributed by atoms with van der Waals surface area (Å²) >= 11 is 0. The Morgan fingerprint density at radius 1 is 1.64 bits per heavy atom. The lowest BCUT2D eigenvalue weighted by Crippen LogP contribution is -2.37. The molecule has 0 aromatic carbocycles. The van der Waals surface area contributed by atoms with Crippen LogP contribution in [-0.2, 0) is 4.79 Å². The van der Waals surface area contributed by atoms with Crippen LogP contribution in [0.15, 0.2) is 0 Å². The number of hydrogen-bond acceptors (Lipinski definition) is 2. The van der Waals surface area contributed by atoms with Gasteiger partial charge in [0.2, 0.25) is 0 Å². The first-order valence-electron chi connectivity index (χ1n) is 4.09. The molecule has 0 aliphatic carbocycles. The normalized spacial score (nSPS) is 31.2. The summed E-state index contributed by atoms with van der Waals surface area (Å²) in [5, 5.41) is 11.8. The van der Waals surface area contributed by atoms with Gasteiger partial charge < -0.3 is 10.4 Å². The van der Waals surface area contributed by atoms with Crippen LogP contribution < -0.4 is 5.32 Å². The fourth-order valence-corrected chi connectivity index (χ4v) is 1.71. The van der Waals surface area contributed by atoms with Gasteiger partial charge in [-0.2, -0.15) is 0 Å². The highest BCUT2D eigenvalue weighted by atomic mass is 16.4. The van der Waals surface area contributed by atoms with E-state index in [1.54, 1.807) is 0 Å². The Morgan fingerprint density at radius 3 is 2.64 bits per heavy atom. The van der Waals surface area contributed by atoms with Crippen molar-refractivity contribution in [3.05, 3.63) is 0 Å². The van der Waals surface area contributed by atoms with E-state index in [2.05, 4.69) is 19.2 Å². The smallest absolute Gasteiger partial charge is 0.320 e. The van der Waals surface area contributed by atoms with E-state index in [1.807, 2.05) is 0 Å². The Hall–Kier alpha value is -0.570. The Bertz CT molecular complexity index is 156. The zero-order valence-electron chi connectivity index (χ0n) is 7.00. The topological polar surface area (TPSA) is 49.3 Å². The van der Waals surface area contributed by atoms with E-state index in [1.165, 1.54) is 0 Å². The Labute approximate surface area is 66.8 Å². The molecule has 11 heavy (non-hydrogen) atoms. The average Bonchev–Trinajstić information content (AvgIpc) is 2.32. The maximum absolute atomic E-state index is 10.7. The zero-order valence-corrected chi connectivity index (χ0v) is 7.00. The predicted molar refractivity (Wildman–Crippen MR) is 42.4 cm³/mol. The molecule has 64 valence electrons. The van der Waals surface area contributed by atoms with E-state index >= 15 is 0 Å². The second kappa shape index (κ2) is 3.22. The molecule has 3 heteroatoms. The van der Waals surface area contributed by atoms with Crippen molar-refractivity contribution in [1.82, 2.24) is 5.32 Å². The molecule has 0 radical (unpaired) electrons. The van der Waals surface area contributed by atoms with Crippen molar-refractivity contribution in [3.8, 4) is 0 Å². The molecule has 1 heterocycles. The molecule has 2 N–H and O–H groups in total. The molecule has 0 aromatic rings. The van der Waals surface area contributed by atoms with Gasteiger partial charge in [-0.05, 0) is 24.8 Å². The van der Waals surface area contributed by atoms with Crippen molar-refractivity contribution in [1.29, 1.82) is 0 Å². The number of nitrogens with one attached hydrogen (secondary N) is 1. The number of carboxylic acid groups (broad SMARTS) is 1. The molecule has 0 aromatic heterocycles. The minimum atomic E-state index is -0.707. The minimum Gasteiger partial charge on any atom is -0.480 e. The fourth-order valence-electron chi connectivity index (χ4n) is 1.71. The number of rotatable bonds is 2. The molecule has 2 unspecified atom stereocenters. The van der Waals surface area contributed by atoms with Gasteiger partial charge >= 0.3 is 5.97 Å². The van der Waals surface area contributed by atoms with Crippen LogP contribution in [0.2, 0.25) is 0 Å². The molecule has 0 saturated carbocycles. The van der Waals surface area contributed by atoms with Crippen LogP contribution in [0, 0.1) is 11.8 Å². The van der Waals surface area contributed by atoms with E-state index in [9.17, 15) is 4.79 Å². The van der Waals surface area contributed by atoms with Crippen molar-refractivity contribution in [3.63, 3.8) is 0 Å². The predicted octanol–water partition coefficient (Wildman–Crippen LogP) is 0.705. The van der Waals surface area contributed by atoms with Gasteiger partial charge in [0, 0.05) is 0 Å². The van der Waals surface area contributed by atoms with Crippen molar-refractivity contribution in [2.24, 2.45) is 11.8 Å². The first-order chi connectivity index (χ1) is 5.13. The van der Waals surface area contributed by atoms with Gasteiger partial charge in [-0.1, -0.05) is 13.8 Å². The summed E-state index contributed by atoms with van der Waals surface area (Å²) in [6.07, 6.45) is 0.995. The lowest BCUT2D eigenvalue weighted by molar-refractivity contribution is -0.140. The van der Waals surface area contributed by atoms with Crippen LogP contribution in [0.4, 0.5) is 0 Å². The summed E-state index contributed by atoms with van der Waals surface area (Å²) in [6.45, 7) is 5.00. The first kappa shape index (κ1) is 8.53. The van der Waals surface area contributed by atoms with Crippen molar-refractivity contribution in [2.75, 3.05) is 6.54 Å². The second-order valence-electron chi connectivity index (χ2n) is 3.47. The van der Waals surface area contributed by atoms with Crippen molar-refractivity contribution >= 4 is 5.97 Å². The van der Waals surface area contributed by atoms with Gasteiger partial charge in [-0.25, -0.2) is 0 Å². The van der Waals surface area contributed by atoms with Crippen LogP contribution in [0.3, 0.4) is 0 Å². The molecular weight excluding hydrogens is 142 g/mol. The van der Waals surface area contributed by atoms with E-state index in [4.69, 9.17) is 5.11 Å². The summed E-state index contributed by atoms with van der Waals surface area (Å²) in [6, 6.07) is -0.310. The SMILES string of the molecule is CC(C)C1CCNC1C(=O)O. The highest BCUT2D eigenvalue weighted by molar-refractivity contribution is 5.74. The third-order valence-electron chi connectivity index (χ3n) is 2.39. The average molecular weight is 157 g/mol. The molecule has 1 aliphatic rings. The minimum absolute atomic E-state index is 0.310. The largest absolute Gasteiger partial charge is 0.480 e. The molecular formula is C8H15NO2. The highest BCUT2D eigenvalue weighted by Crippen LogP contribution is 2.23. The van der Waals surface area contributed by atoms with Crippen LogP contribution in [0.1, 0.15) is 20.3 Å². The maximum Gasteiger partial charge on any atom is 0.320 e. The van der Waals surface area contributed by atoms with Gasteiger partial charge in [-0.3, -0.25) is 4.79 Å². The maximum atomic E-state index is 10.7. The van der Waals surface area contributed by atoms with Crippen molar-refractivity contribution in [2.45, 2.75) is 26.3 Å². The third-order valence-corrected chi connectivity index (χ3v) is 2.39. The van der Waals surface area contributed by atoms with Crippen molar-refractivity contribution < 1.29 is 9.90 Å². The Balaban J connectivity index is 2.58. The number of carbonyl (C=O) groups is 1. The third kappa shape index (κ3) is 1.71. The Morgan fingerprint density at radius 2 is 2.27 bits per heavy atom. The molecule has 2 atom stereocenters. The van der Waals surface area contributed by atoms with E-state index in [0.29, 0.717) is 11.8 Å². The summed E-state index contributed by atoms with van der Waals surface area (Å²) in [5.74, 6) is 0.0693. The quantitative estimate of drug-likeness (QED) is 0.620. The van der Waals surface area contributed by atoms with E-state index < -0.39 is 5.97 Å². The lowest BCUT2D eigenvalue weighted by Gasteiger charge is -2.18. The summed E-state index contributed by atoms with van der Waals surface area (Å²) in [5.41, 5.74) is 0. The van der Waals surface area contributed by atoms with Crippen LogP contribution in [0.5, 0.6) is 0 Å². The zero-order chi connectivity index (χ0) is 8.43. The van der Waals surface area contributed by atoms with Gasteiger partial charge in [-0.15, -0.1) is 0 Å². The summed E-state index contributed by atoms with van der Waals surface area (Å²) in [4.78, 5) is 10.7. The van der Waals surface area contributed by atoms with Crippen LogP contribution in [0.25, 0.3) is 0 Å². The Kier molecular flexibility index (Phi) is 2.49. The molecule has 1 fully saturated rings. The summed E-state index contributed by atoms with van der Waals surface area (Å²) in [7, 11) is 0.